The van der Waals surface area contributed by atoms with E-state index in [1.807, 2.05) is 6.07 Å². The van der Waals surface area contributed by atoms with Gasteiger partial charge in [0.25, 0.3) is 0 Å². The molecule has 1 aliphatic carbocycles. The molecule has 0 saturated carbocycles. The summed E-state index contributed by atoms with van der Waals surface area (Å²) in [5.74, 6) is 0.701. The molecule has 2 nitrogen and oxygen atoms in total. The molecule has 0 fully saturated rings. The molecule has 0 spiro atoms. The first kappa shape index (κ1) is 36.9. The molecule has 296 valence electrons. The molecule has 0 bridgehead atoms. The molecule has 0 unspecified atom stereocenters. The average molecular weight is 803 g/mol. The van der Waals surface area contributed by atoms with Gasteiger partial charge in [0.2, 0.25) is 0 Å². The van der Waals surface area contributed by atoms with Gasteiger partial charge in [0.15, 0.2) is 5.82 Å². The quantitative estimate of drug-likeness (QED) is 0.167. The third-order valence-electron chi connectivity index (χ3n) is 13.3. The van der Waals surface area contributed by atoms with Crippen LogP contribution < -0.4 is 0 Å². The van der Waals surface area contributed by atoms with E-state index in [0.29, 0.717) is 5.82 Å². The Morgan fingerprint density at radius 2 is 0.825 bits per heavy atom. The standard InChI is InChI=1S/C61H42N2/c1-61(2)56-26-13-12-25-53(56)55-37-44(29-34-57(55)61)46-30-31-51(48-22-9-8-21-47(46)48)52-32-33-54(50-24-11-10-23-49(50)52)59-38-58(62-60(63-59)40-16-4-3-5-17-40)45-20-14-19-42(36-45)43-28-27-39-15-6-7-18-41(39)35-43/h3-38H,1-2H3. The van der Waals surface area contributed by atoms with Crippen molar-refractivity contribution in [3.63, 3.8) is 0 Å². The minimum atomic E-state index is -0.0242. The molecule has 2 heteroatoms. The third kappa shape index (κ3) is 6.17. The lowest BCUT2D eigenvalue weighted by atomic mass is 9.82. The molecule has 0 N–H and O–H groups in total. The first-order valence-corrected chi connectivity index (χ1v) is 21.8. The van der Waals surface area contributed by atoms with Crippen LogP contribution in [0.1, 0.15) is 25.0 Å². The van der Waals surface area contributed by atoms with Gasteiger partial charge in [-0.1, -0.05) is 208 Å². The van der Waals surface area contributed by atoms with Crippen molar-refractivity contribution in [3.05, 3.63) is 230 Å². The Bertz CT molecular complexity index is 3600. The molecule has 0 amide bonds. The van der Waals surface area contributed by atoms with Crippen molar-refractivity contribution in [1.29, 1.82) is 0 Å². The average Bonchev–Trinajstić information content (AvgIpc) is 3.58. The molecule has 0 aliphatic heterocycles. The molecule has 0 atom stereocenters. The fourth-order valence-electron chi connectivity index (χ4n) is 10.1. The molecule has 0 radical (unpaired) electrons. The monoisotopic (exact) mass is 802 g/mol. The zero-order valence-electron chi connectivity index (χ0n) is 35.2. The van der Waals surface area contributed by atoms with Crippen LogP contribution in [0.5, 0.6) is 0 Å². The Morgan fingerprint density at radius 3 is 1.60 bits per heavy atom. The van der Waals surface area contributed by atoms with E-state index in [-0.39, 0.29) is 5.41 Å². The highest BCUT2D eigenvalue weighted by atomic mass is 14.9. The third-order valence-corrected chi connectivity index (χ3v) is 13.3. The fourth-order valence-corrected chi connectivity index (χ4v) is 10.1. The number of hydrogen-bond acceptors (Lipinski definition) is 2. The van der Waals surface area contributed by atoms with Crippen LogP contribution >= 0.6 is 0 Å². The lowest BCUT2D eigenvalue weighted by Gasteiger charge is -2.21. The van der Waals surface area contributed by atoms with Crippen molar-refractivity contribution in [2.24, 2.45) is 0 Å². The number of aromatic nitrogens is 2. The molecular weight excluding hydrogens is 761 g/mol. The summed E-state index contributed by atoms with van der Waals surface area (Å²) in [6.45, 7) is 4.68. The second-order valence-corrected chi connectivity index (χ2v) is 17.3. The predicted molar refractivity (Wildman–Crippen MR) is 265 cm³/mol. The van der Waals surface area contributed by atoms with Crippen LogP contribution in [0.3, 0.4) is 0 Å². The van der Waals surface area contributed by atoms with Gasteiger partial charge in [-0.2, -0.15) is 0 Å². The SMILES string of the molecule is CC1(C)c2ccccc2-c2cc(-c3ccc(-c4ccc(-c5cc(-c6cccc(-c7ccc8ccccc8c7)c6)nc(-c6ccccc6)n5)c5ccccc45)c4ccccc34)ccc21. The maximum absolute atomic E-state index is 5.30. The molecule has 1 aliphatic rings. The molecular formula is C61H42N2. The van der Waals surface area contributed by atoms with Crippen molar-refractivity contribution >= 4 is 32.3 Å². The van der Waals surface area contributed by atoms with Gasteiger partial charge in [-0.15, -0.1) is 0 Å². The van der Waals surface area contributed by atoms with Crippen molar-refractivity contribution in [2.75, 3.05) is 0 Å². The maximum atomic E-state index is 5.30. The van der Waals surface area contributed by atoms with Gasteiger partial charge in [-0.05, 0) is 112 Å². The highest BCUT2D eigenvalue weighted by Crippen LogP contribution is 2.50. The van der Waals surface area contributed by atoms with E-state index in [2.05, 4.69) is 226 Å². The van der Waals surface area contributed by atoms with Crippen LogP contribution in [0.25, 0.3) is 111 Å². The van der Waals surface area contributed by atoms with Gasteiger partial charge in [0, 0.05) is 22.1 Å². The van der Waals surface area contributed by atoms with Crippen molar-refractivity contribution in [1.82, 2.24) is 9.97 Å². The van der Waals surface area contributed by atoms with E-state index in [9.17, 15) is 0 Å². The summed E-state index contributed by atoms with van der Waals surface area (Å²) in [4.78, 5) is 10.5. The van der Waals surface area contributed by atoms with Crippen molar-refractivity contribution < 1.29 is 0 Å². The normalized spacial score (nSPS) is 12.7. The number of fused-ring (bicyclic) bond motifs is 6. The van der Waals surface area contributed by atoms with E-state index >= 15 is 0 Å². The van der Waals surface area contributed by atoms with E-state index in [4.69, 9.17) is 9.97 Å². The predicted octanol–water partition coefficient (Wildman–Crippen LogP) is 16.2. The Labute approximate surface area is 367 Å². The van der Waals surface area contributed by atoms with Gasteiger partial charge < -0.3 is 0 Å². The summed E-state index contributed by atoms with van der Waals surface area (Å²) >= 11 is 0. The maximum Gasteiger partial charge on any atom is 0.160 e. The Kier molecular flexibility index (Phi) is 8.55. The molecule has 63 heavy (non-hydrogen) atoms. The first-order chi connectivity index (χ1) is 31.0. The number of hydrogen-bond donors (Lipinski definition) is 0. The van der Waals surface area contributed by atoms with E-state index in [1.54, 1.807) is 0 Å². The summed E-state index contributed by atoms with van der Waals surface area (Å²) in [5, 5.41) is 7.27. The lowest BCUT2D eigenvalue weighted by Crippen LogP contribution is -2.14. The van der Waals surface area contributed by atoms with Crippen LogP contribution in [-0.4, -0.2) is 9.97 Å². The van der Waals surface area contributed by atoms with Crippen LogP contribution in [0.2, 0.25) is 0 Å². The van der Waals surface area contributed by atoms with Gasteiger partial charge in [0.05, 0.1) is 11.4 Å². The Balaban J connectivity index is 0.983. The van der Waals surface area contributed by atoms with Crippen LogP contribution in [0, 0.1) is 0 Å². The molecule has 10 aromatic carbocycles. The summed E-state index contributed by atoms with van der Waals surface area (Å²) < 4.78 is 0. The molecule has 0 saturated heterocycles. The zero-order valence-corrected chi connectivity index (χ0v) is 35.2. The van der Waals surface area contributed by atoms with E-state index < -0.39 is 0 Å². The van der Waals surface area contributed by atoms with Crippen molar-refractivity contribution in [3.8, 4) is 78.4 Å². The highest BCUT2D eigenvalue weighted by molar-refractivity contribution is 6.12. The van der Waals surface area contributed by atoms with Crippen LogP contribution in [-0.2, 0) is 5.41 Å². The Hall–Kier alpha value is -7.94. The number of rotatable bonds is 6. The fraction of sp³-hybridized carbons (Fsp3) is 0.0492. The van der Waals surface area contributed by atoms with Gasteiger partial charge in [-0.25, -0.2) is 9.97 Å². The molecule has 1 aromatic heterocycles. The lowest BCUT2D eigenvalue weighted by molar-refractivity contribution is 0.660. The Morgan fingerprint density at radius 1 is 0.286 bits per heavy atom. The summed E-state index contributed by atoms with van der Waals surface area (Å²) in [6.07, 6.45) is 0. The molecule has 12 rings (SSSR count). The summed E-state index contributed by atoms with van der Waals surface area (Å²) in [6, 6.07) is 79.2. The second-order valence-electron chi connectivity index (χ2n) is 17.3. The van der Waals surface area contributed by atoms with Gasteiger partial charge in [-0.3, -0.25) is 0 Å². The smallest absolute Gasteiger partial charge is 0.160 e. The highest BCUT2D eigenvalue weighted by Gasteiger charge is 2.35. The second kappa shape index (κ2) is 14.6. The number of benzene rings is 10. The first-order valence-electron chi connectivity index (χ1n) is 21.8. The largest absolute Gasteiger partial charge is 0.228 e. The van der Waals surface area contributed by atoms with Gasteiger partial charge >= 0.3 is 0 Å². The topological polar surface area (TPSA) is 25.8 Å². The summed E-state index contributed by atoms with van der Waals surface area (Å²) in [5.41, 5.74) is 17.5. The number of nitrogens with zero attached hydrogens (tertiary/aromatic N) is 2. The minimum Gasteiger partial charge on any atom is -0.228 e. The minimum absolute atomic E-state index is 0.0242. The van der Waals surface area contributed by atoms with Gasteiger partial charge in [0.1, 0.15) is 0 Å². The van der Waals surface area contributed by atoms with Crippen LogP contribution in [0.15, 0.2) is 218 Å². The van der Waals surface area contributed by atoms with Crippen molar-refractivity contribution in [2.45, 2.75) is 19.3 Å². The molecule has 1 heterocycles. The van der Waals surface area contributed by atoms with E-state index in [1.165, 1.54) is 77.0 Å². The zero-order chi connectivity index (χ0) is 42.1. The molecule has 11 aromatic rings. The summed E-state index contributed by atoms with van der Waals surface area (Å²) in [7, 11) is 0. The van der Waals surface area contributed by atoms with E-state index in [0.717, 1.165) is 39.0 Å². The van der Waals surface area contributed by atoms with Crippen LogP contribution in [0.4, 0.5) is 0 Å².